The second-order valence-corrected chi connectivity index (χ2v) is 7.93. The number of benzene rings is 1. The van der Waals surface area contributed by atoms with Crippen molar-refractivity contribution in [2.75, 3.05) is 12.4 Å². The standard InChI is InChI=1S/C19H20N4O2S/c1-19(2)7-6-14(23-25-3)16-15(19)12-10-11(4-5-13(12)21-16)17(24)22-18-20-8-9-26-18/h4-5,8-10,21H,6-7H2,1-3H3,(H,20,22,24)/b23-14+. The van der Waals surface area contributed by atoms with Crippen molar-refractivity contribution in [3.05, 3.63) is 46.6 Å². The number of fused-ring (bicyclic) bond motifs is 3. The molecule has 2 N–H and O–H groups in total. The van der Waals surface area contributed by atoms with E-state index >= 15 is 0 Å². The van der Waals surface area contributed by atoms with Crippen molar-refractivity contribution in [1.82, 2.24) is 9.97 Å². The molecule has 0 radical (unpaired) electrons. The van der Waals surface area contributed by atoms with Crippen molar-refractivity contribution in [2.24, 2.45) is 5.16 Å². The quantitative estimate of drug-likeness (QED) is 0.677. The predicted molar refractivity (Wildman–Crippen MR) is 104 cm³/mol. The molecule has 4 rings (SSSR count). The SMILES string of the molecule is CO/N=C1\CCC(C)(C)c2c1[nH]c1ccc(C(=O)Nc3nccs3)cc21. The Kier molecular flexibility index (Phi) is 4.03. The van der Waals surface area contributed by atoms with E-state index in [1.54, 1.807) is 13.3 Å². The zero-order valence-electron chi connectivity index (χ0n) is 14.9. The van der Waals surface area contributed by atoms with Crippen molar-refractivity contribution < 1.29 is 9.63 Å². The lowest BCUT2D eigenvalue weighted by molar-refractivity contribution is 0.102. The summed E-state index contributed by atoms with van der Waals surface area (Å²) < 4.78 is 0. The van der Waals surface area contributed by atoms with Gasteiger partial charge in [0.15, 0.2) is 5.13 Å². The van der Waals surface area contributed by atoms with E-state index in [9.17, 15) is 4.79 Å². The number of anilines is 1. The van der Waals surface area contributed by atoms with Crippen LogP contribution in [0, 0.1) is 0 Å². The largest absolute Gasteiger partial charge is 0.399 e. The molecule has 0 aliphatic heterocycles. The molecule has 0 fully saturated rings. The Morgan fingerprint density at radius 3 is 3.00 bits per heavy atom. The molecule has 134 valence electrons. The van der Waals surface area contributed by atoms with Crippen molar-refractivity contribution in [2.45, 2.75) is 32.1 Å². The van der Waals surface area contributed by atoms with E-state index in [4.69, 9.17) is 4.84 Å². The van der Waals surface area contributed by atoms with Gasteiger partial charge in [-0.1, -0.05) is 19.0 Å². The van der Waals surface area contributed by atoms with Crippen molar-refractivity contribution in [3.63, 3.8) is 0 Å². The molecule has 1 amide bonds. The zero-order chi connectivity index (χ0) is 18.3. The maximum atomic E-state index is 12.6. The number of aromatic nitrogens is 2. The van der Waals surface area contributed by atoms with Crippen LogP contribution in [0.15, 0.2) is 34.9 Å². The molecule has 0 atom stereocenters. The lowest BCUT2D eigenvalue weighted by atomic mass is 9.73. The highest BCUT2D eigenvalue weighted by molar-refractivity contribution is 7.13. The number of aromatic amines is 1. The Bertz CT molecular complexity index is 1000. The molecule has 7 heteroatoms. The van der Waals surface area contributed by atoms with E-state index in [0.717, 1.165) is 35.2 Å². The number of carbonyl (C=O) groups is 1. The van der Waals surface area contributed by atoms with Crippen LogP contribution in [0.1, 0.15) is 48.3 Å². The molecule has 0 spiro atoms. The summed E-state index contributed by atoms with van der Waals surface area (Å²) in [5, 5.41) is 10.5. The molecule has 2 heterocycles. The summed E-state index contributed by atoms with van der Waals surface area (Å²) in [6.45, 7) is 4.45. The summed E-state index contributed by atoms with van der Waals surface area (Å²) in [7, 11) is 1.57. The smallest absolute Gasteiger partial charge is 0.257 e. The van der Waals surface area contributed by atoms with Crippen LogP contribution in [0.4, 0.5) is 5.13 Å². The first-order valence-electron chi connectivity index (χ1n) is 8.47. The molecular weight excluding hydrogens is 348 g/mol. The van der Waals surface area contributed by atoms with Crippen LogP contribution in [-0.4, -0.2) is 28.7 Å². The molecular formula is C19H20N4O2S. The summed E-state index contributed by atoms with van der Waals surface area (Å²) in [5.74, 6) is -0.156. The summed E-state index contributed by atoms with van der Waals surface area (Å²) in [6.07, 6.45) is 3.51. The van der Waals surface area contributed by atoms with Gasteiger partial charge in [-0.3, -0.25) is 10.1 Å². The number of amides is 1. The summed E-state index contributed by atoms with van der Waals surface area (Å²) >= 11 is 1.40. The number of nitrogens with one attached hydrogen (secondary N) is 2. The molecule has 1 aliphatic rings. The van der Waals surface area contributed by atoms with E-state index in [0.29, 0.717) is 10.7 Å². The molecule has 26 heavy (non-hydrogen) atoms. The second-order valence-electron chi connectivity index (χ2n) is 7.03. The minimum Gasteiger partial charge on any atom is -0.399 e. The number of hydrogen-bond donors (Lipinski definition) is 2. The number of rotatable bonds is 3. The van der Waals surface area contributed by atoms with E-state index in [1.807, 2.05) is 23.6 Å². The Morgan fingerprint density at radius 2 is 2.27 bits per heavy atom. The normalized spacial score (nSPS) is 17.3. The topological polar surface area (TPSA) is 79.4 Å². The highest BCUT2D eigenvalue weighted by atomic mass is 32.1. The van der Waals surface area contributed by atoms with E-state index in [-0.39, 0.29) is 11.3 Å². The lowest BCUT2D eigenvalue weighted by Gasteiger charge is -2.30. The van der Waals surface area contributed by atoms with Gasteiger partial charge in [0.05, 0.1) is 5.69 Å². The molecule has 1 aliphatic carbocycles. The van der Waals surface area contributed by atoms with Crippen LogP contribution in [0.5, 0.6) is 0 Å². The maximum absolute atomic E-state index is 12.6. The molecule has 2 aromatic heterocycles. The summed E-state index contributed by atoms with van der Waals surface area (Å²) in [4.78, 5) is 25.2. The highest BCUT2D eigenvalue weighted by Crippen LogP contribution is 2.41. The van der Waals surface area contributed by atoms with Gasteiger partial charge in [-0.15, -0.1) is 11.3 Å². The van der Waals surface area contributed by atoms with Crippen molar-refractivity contribution in [3.8, 4) is 0 Å². The number of H-pyrrole nitrogens is 1. The number of hydrogen-bond acceptors (Lipinski definition) is 5. The Morgan fingerprint density at radius 1 is 1.42 bits per heavy atom. The molecule has 0 saturated carbocycles. The van der Waals surface area contributed by atoms with Gasteiger partial charge in [-0.25, -0.2) is 4.98 Å². The number of thiazole rings is 1. The average Bonchev–Trinajstić information content (AvgIpc) is 3.24. The zero-order valence-corrected chi connectivity index (χ0v) is 15.7. The third kappa shape index (κ3) is 2.78. The minimum absolute atomic E-state index is 0.00917. The van der Waals surface area contributed by atoms with Crippen LogP contribution >= 0.6 is 11.3 Å². The van der Waals surface area contributed by atoms with Gasteiger partial charge in [0.25, 0.3) is 5.91 Å². The molecule has 0 saturated heterocycles. The summed E-state index contributed by atoms with van der Waals surface area (Å²) in [6, 6.07) is 5.73. The second kappa shape index (κ2) is 6.25. The van der Waals surface area contributed by atoms with Gasteiger partial charge in [0.2, 0.25) is 0 Å². The summed E-state index contributed by atoms with van der Waals surface area (Å²) in [5.41, 5.74) is 4.73. The van der Waals surface area contributed by atoms with Crippen LogP contribution < -0.4 is 5.32 Å². The first kappa shape index (κ1) is 16.8. The van der Waals surface area contributed by atoms with Gasteiger partial charge < -0.3 is 9.82 Å². The molecule has 0 bridgehead atoms. The molecule has 3 aromatic rings. The maximum Gasteiger partial charge on any atom is 0.257 e. The first-order chi connectivity index (χ1) is 12.5. The Hall–Kier alpha value is -2.67. The monoisotopic (exact) mass is 368 g/mol. The fourth-order valence-electron chi connectivity index (χ4n) is 3.59. The molecule has 6 nitrogen and oxygen atoms in total. The minimum atomic E-state index is -0.156. The van der Waals surface area contributed by atoms with Gasteiger partial charge in [0.1, 0.15) is 12.8 Å². The Labute approximate surface area is 155 Å². The van der Waals surface area contributed by atoms with Crippen molar-refractivity contribution in [1.29, 1.82) is 0 Å². The van der Waals surface area contributed by atoms with E-state index < -0.39 is 0 Å². The van der Waals surface area contributed by atoms with Crippen LogP contribution in [0.3, 0.4) is 0 Å². The van der Waals surface area contributed by atoms with E-state index in [2.05, 4.69) is 34.3 Å². The third-order valence-electron chi connectivity index (χ3n) is 4.87. The van der Waals surface area contributed by atoms with Crippen molar-refractivity contribution >= 4 is 39.0 Å². The fraction of sp³-hybridized carbons (Fsp3) is 0.316. The number of oxime groups is 1. The van der Waals surface area contributed by atoms with Gasteiger partial charge in [0, 0.05) is 28.0 Å². The van der Waals surface area contributed by atoms with Crippen LogP contribution in [0.25, 0.3) is 10.9 Å². The number of nitrogens with zero attached hydrogens (tertiary/aromatic N) is 2. The van der Waals surface area contributed by atoms with Crippen LogP contribution in [-0.2, 0) is 10.3 Å². The van der Waals surface area contributed by atoms with Crippen LogP contribution in [0.2, 0.25) is 0 Å². The fourth-order valence-corrected chi connectivity index (χ4v) is 4.11. The number of carbonyl (C=O) groups excluding carboxylic acids is 1. The van der Waals surface area contributed by atoms with Gasteiger partial charge >= 0.3 is 0 Å². The van der Waals surface area contributed by atoms with Gasteiger partial charge in [-0.05, 0) is 42.0 Å². The Balaban J connectivity index is 1.81. The molecule has 0 unspecified atom stereocenters. The third-order valence-corrected chi connectivity index (χ3v) is 5.56. The van der Waals surface area contributed by atoms with E-state index in [1.165, 1.54) is 16.9 Å². The first-order valence-corrected chi connectivity index (χ1v) is 9.35. The lowest BCUT2D eigenvalue weighted by Crippen LogP contribution is -2.27. The molecule has 1 aromatic carbocycles. The average molecular weight is 368 g/mol. The van der Waals surface area contributed by atoms with Gasteiger partial charge in [-0.2, -0.15) is 0 Å². The highest BCUT2D eigenvalue weighted by Gasteiger charge is 2.34. The predicted octanol–water partition coefficient (Wildman–Crippen LogP) is 4.30.